The Kier molecular flexibility index (Phi) is 5.08. The number of anilines is 2. The van der Waals surface area contributed by atoms with Gasteiger partial charge in [0.2, 0.25) is 0 Å². The van der Waals surface area contributed by atoms with Gasteiger partial charge in [-0.15, -0.1) is 0 Å². The highest BCUT2D eigenvalue weighted by atomic mass is 16.4. The number of piperidine rings is 1. The van der Waals surface area contributed by atoms with Gasteiger partial charge >= 0.3 is 0 Å². The average Bonchev–Trinajstić information content (AvgIpc) is 2.61. The fourth-order valence-electron chi connectivity index (χ4n) is 3.65. The van der Waals surface area contributed by atoms with Crippen molar-refractivity contribution in [2.45, 2.75) is 32.2 Å². The number of likely N-dealkylation sites (N-methyl/N-ethyl adjacent to an activating group) is 1. The summed E-state index contributed by atoms with van der Waals surface area (Å²) in [5, 5.41) is 12.2. The van der Waals surface area contributed by atoms with Gasteiger partial charge in [0.05, 0.1) is 0 Å². The maximum atomic E-state index is 9.07. The van der Waals surface area contributed by atoms with E-state index in [1.54, 1.807) is 0 Å². The maximum absolute atomic E-state index is 9.07. The number of amidine groups is 1. The average molecular weight is 332 g/mol. The summed E-state index contributed by atoms with van der Waals surface area (Å²) in [5.41, 5.74) is 7.50. The third kappa shape index (κ3) is 3.56. The number of nitrogens with zero attached hydrogens (tertiary/aromatic N) is 5. The molecule has 2 saturated heterocycles. The highest BCUT2D eigenvalue weighted by molar-refractivity contribution is 5.96. The summed E-state index contributed by atoms with van der Waals surface area (Å²) in [6.07, 6.45) is 3.71. The molecule has 1 atom stereocenters. The maximum Gasteiger partial charge on any atom is 0.188 e. The van der Waals surface area contributed by atoms with E-state index in [1.165, 1.54) is 19.3 Å². The molecule has 0 aromatic carbocycles. The minimum Gasteiger partial charge on any atom is -0.409 e. The second-order valence-corrected chi connectivity index (χ2v) is 6.91. The second kappa shape index (κ2) is 7.25. The molecule has 7 heteroatoms. The summed E-state index contributed by atoms with van der Waals surface area (Å²) in [5.74, 6) is 0.983. The monoisotopic (exact) mass is 332 g/mol. The van der Waals surface area contributed by atoms with Crippen LogP contribution in [0.2, 0.25) is 0 Å². The Labute approximate surface area is 143 Å². The van der Waals surface area contributed by atoms with Crippen molar-refractivity contribution in [3.05, 3.63) is 17.8 Å². The normalized spacial score (nSPS) is 23.6. The molecule has 24 heavy (non-hydrogen) atoms. The van der Waals surface area contributed by atoms with Crippen molar-refractivity contribution in [2.75, 3.05) is 49.6 Å². The Morgan fingerprint density at radius 3 is 2.62 bits per heavy atom. The number of pyridine rings is 1. The van der Waals surface area contributed by atoms with E-state index in [1.807, 2.05) is 6.07 Å². The molecule has 0 spiro atoms. The summed E-state index contributed by atoms with van der Waals surface area (Å²) in [6, 6.07) is 4.47. The number of piperazine rings is 1. The number of nitrogens with two attached hydrogens (primary N) is 1. The quantitative estimate of drug-likeness (QED) is 0.376. The Morgan fingerprint density at radius 1 is 1.21 bits per heavy atom. The largest absolute Gasteiger partial charge is 0.409 e. The molecule has 132 valence electrons. The molecule has 0 unspecified atom stereocenters. The zero-order valence-electron chi connectivity index (χ0n) is 14.6. The van der Waals surface area contributed by atoms with Crippen LogP contribution in [0.25, 0.3) is 0 Å². The van der Waals surface area contributed by atoms with E-state index in [-0.39, 0.29) is 5.84 Å². The number of hydrogen-bond acceptors (Lipinski definition) is 6. The molecular weight excluding hydrogens is 304 g/mol. The minimum absolute atomic E-state index is 0.0666. The van der Waals surface area contributed by atoms with Crippen LogP contribution in [0, 0.1) is 0 Å². The first-order valence-electron chi connectivity index (χ1n) is 8.78. The van der Waals surface area contributed by atoms with Crippen molar-refractivity contribution in [2.24, 2.45) is 10.9 Å². The molecule has 1 aromatic rings. The summed E-state index contributed by atoms with van der Waals surface area (Å²) in [7, 11) is 2.15. The SMILES string of the molecule is C[C@H]1CN(C)CCN1c1cc(N2CCCCC2)cc(/C(N)=N/O)n1. The Morgan fingerprint density at radius 2 is 1.96 bits per heavy atom. The van der Waals surface area contributed by atoms with Crippen LogP contribution in [0.3, 0.4) is 0 Å². The fourth-order valence-corrected chi connectivity index (χ4v) is 3.65. The molecule has 7 nitrogen and oxygen atoms in total. The van der Waals surface area contributed by atoms with E-state index in [0.717, 1.165) is 44.2 Å². The van der Waals surface area contributed by atoms with Gasteiger partial charge in [-0.3, -0.25) is 0 Å². The summed E-state index contributed by atoms with van der Waals surface area (Å²) in [4.78, 5) is 11.7. The van der Waals surface area contributed by atoms with Gasteiger partial charge in [0.1, 0.15) is 11.5 Å². The molecule has 3 N–H and O–H groups in total. The van der Waals surface area contributed by atoms with E-state index in [4.69, 9.17) is 10.9 Å². The number of aromatic nitrogens is 1. The molecule has 3 heterocycles. The fraction of sp³-hybridized carbons (Fsp3) is 0.647. The first-order chi connectivity index (χ1) is 11.6. The van der Waals surface area contributed by atoms with Gasteiger partial charge in [-0.25, -0.2) is 4.98 Å². The van der Waals surface area contributed by atoms with Gasteiger partial charge in [0, 0.05) is 50.5 Å². The van der Waals surface area contributed by atoms with Crippen LogP contribution in [0.1, 0.15) is 31.9 Å². The van der Waals surface area contributed by atoms with Crippen LogP contribution < -0.4 is 15.5 Å². The molecule has 0 aliphatic carbocycles. The third-order valence-electron chi connectivity index (χ3n) is 5.01. The summed E-state index contributed by atoms with van der Waals surface area (Å²) < 4.78 is 0. The van der Waals surface area contributed by atoms with Gasteiger partial charge < -0.3 is 25.6 Å². The van der Waals surface area contributed by atoms with Gasteiger partial charge in [0.25, 0.3) is 0 Å². The Hall–Kier alpha value is -2.02. The zero-order chi connectivity index (χ0) is 17.1. The Bertz CT molecular complexity index is 599. The van der Waals surface area contributed by atoms with E-state index < -0.39 is 0 Å². The lowest BCUT2D eigenvalue weighted by Crippen LogP contribution is -2.51. The minimum atomic E-state index is 0.0666. The van der Waals surface area contributed by atoms with Crippen LogP contribution in [-0.4, -0.2) is 66.7 Å². The number of rotatable bonds is 3. The van der Waals surface area contributed by atoms with Crippen molar-refractivity contribution in [1.82, 2.24) is 9.88 Å². The molecule has 2 aliphatic heterocycles. The van der Waals surface area contributed by atoms with Crippen molar-refractivity contribution in [3.63, 3.8) is 0 Å². The highest BCUT2D eigenvalue weighted by Gasteiger charge is 2.24. The lowest BCUT2D eigenvalue weighted by molar-refractivity contribution is 0.274. The molecule has 0 bridgehead atoms. The lowest BCUT2D eigenvalue weighted by atomic mass is 10.1. The Balaban J connectivity index is 1.95. The van der Waals surface area contributed by atoms with Gasteiger partial charge in [-0.05, 0) is 39.3 Å². The topological polar surface area (TPSA) is 81.2 Å². The third-order valence-corrected chi connectivity index (χ3v) is 5.01. The molecule has 3 rings (SSSR count). The predicted octanol–water partition coefficient (Wildman–Crippen LogP) is 1.31. The van der Waals surface area contributed by atoms with E-state index in [9.17, 15) is 0 Å². The molecule has 2 aliphatic rings. The summed E-state index contributed by atoms with van der Waals surface area (Å²) in [6.45, 7) is 7.28. The van der Waals surface area contributed by atoms with Crippen LogP contribution in [-0.2, 0) is 0 Å². The van der Waals surface area contributed by atoms with Gasteiger partial charge in [0.15, 0.2) is 5.84 Å². The van der Waals surface area contributed by atoms with Crippen molar-refractivity contribution < 1.29 is 5.21 Å². The molecule has 1 aromatic heterocycles. The van der Waals surface area contributed by atoms with Crippen LogP contribution in [0.5, 0.6) is 0 Å². The lowest BCUT2D eigenvalue weighted by Gasteiger charge is -2.39. The standard InChI is InChI=1S/C17H28N6O/c1-13-12-21(2)8-9-23(13)16-11-14(22-6-4-3-5-7-22)10-15(19-16)17(18)20-24/h10-11,13,24H,3-9,12H2,1-2H3,(H2,18,20)/t13-/m0/s1. The van der Waals surface area contributed by atoms with Crippen LogP contribution >= 0.6 is 0 Å². The first kappa shape index (κ1) is 16.8. The smallest absolute Gasteiger partial charge is 0.188 e. The first-order valence-corrected chi connectivity index (χ1v) is 8.78. The molecule has 0 amide bonds. The van der Waals surface area contributed by atoms with Crippen molar-refractivity contribution in [3.8, 4) is 0 Å². The van der Waals surface area contributed by atoms with Crippen molar-refractivity contribution >= 4 is 17.3 Å². The van der Waals surface area contributed by atoms with Gasteiger partial charge in [-0.2, -0.15) is 0 Å². The van der Waals surface area contributed by atoms with Gasteiger partial charge in [-0.1, -0.05) is 5.16 Å². The zero-order valence-corrected chi connectivity index (χ0v) is 14.6. The predicted molar refractivity (Wildman–Crippen MR) is 97.1 cm³/mol. The number of hydrogen-bond donors (Lipinski definition) is 2. The summed E-state index contributed by atoms with van der Waals surface area (Å²) >= 11 is 0. The van der Waals surface area contributed by atoms with E-state index >= 15 is 0 Å². The molecule has 0 saturated carbocycles. The highest BCUT2D eigenvalue weighted by Crippen LogP contribution is 2.27. The van der Waals surface area contributed by atoms with Crippen LogP contribution in [0.15, 0.2) is 17.3 Å². The van der Waals surface area contributed by atoms with E-state index in [0.29, 0.717) is 11.7 Å². The second-order valence-electron chi connectivity index (χ2n) is 6.91. The molecular formula is C17H28N6O. The van der Waals surface area contributed by atoms with E-state index in [2.05, 4.69) is 44.9 Å². The molecule has 2 fully saturated rings. The van der Waals surface area contributed by atoms with Crippen molar-refractivity contribution in [1.29, 1.82) is 0 Å². The van der Waals surface area contributed by atoms with Crippen LogP contribution in [0.4, 0.5) is 11.5 Å². The number of oxime groups is 1. The molecule has 0 radical (unpaired) electrons.